The number of nitro groups is 1. The predicted octanol–water partition coefficient (Wildman–Crippen LogP) is 6.95. The highest BCUT2D eigenvalue weighted by molar-refractivity contribution is 7.98. The number of ketones is 1. The minimum absolute atomic E-state index is 0.0106. The van der Waals surface area contributed by atoms with Gasteiger partial charge in [0.05, 0.1) is 4.92 Å². The summed E-state index contributed by atoms with van der Waals surface area (Å²) in [4.78, 5) is 25.7. The van der Waals surface area contributed by atoms with E-state index in [0.29, 0.717) is 5.56 Å². The van der Waals surface area contributed by atoms with Crippen LogP contribution < -0.4 is 15.9 Å². The fraction of sp³-hybridized carbons (Fsp3) is 0.0606. The van der Waals surface area contributed by atoms with E-state index in [-0.39, 0.29) is 17.9 Å². The molecular weight excluding hydrogens is 525 g/mol. The molecule has 5 rings (SSSR count). The summed E-state index contributed by atoms with van der Waals surface area (Å²) in [6, 6.07) is 45.5. The monoisotopic (exact) mass is 550 g/mol. The lowest BCUT2D eigenvalue weighted by Gasteiger charge is -2.40. The lowest BCUT2D eigenvalue weighted by Crippen LogP contribution is -2.50. The Balaban J connectivity index is 1.87. The average molecular weight is 551 g/mol. The number of Topliss-reactive ketones (excluding diaryl/α,β-unsaturated/α-hetero) is 1. The summed E-state index contributed by atoms with van der Waals surface area (Å²) in [6.07, 6.45) is 0.173. The summed E-state index contributed by atoms with van der Waals surface area (Å²) >= 11 is 7.95. The maximum Gasteiger partial charge on any atom is 0.269 e. The molecule has 0 spiro atoms. The molecule has 0 radical (unpaired) electrons. The number of benzene rings is 5. The van der Waals surface area contributed by atoms with Gasteiger partial charge in [-0.15, -0.1) is 0 Å². The van der Waals surface area contributed by atoms with Crippen molar-refractivity contribution in [1.29, 1.82) is 0 Å². The van der Waals surface area contributed by atoms with Crippen LogP contribution in [0.15, 0.2) is 146 Å². The zero-order chi connectivity index (χ0) is 27.3. The lowest BCUT2D eigenvalue weighted by molar-refractivity contribution is -0.384. The number of nitro benzene ring substituents is 1. The summed E-state index contributed by atoms with van der Waals surface area (Å²) in [6.45, 7) is 0. The topological polar surface area (TPSA) is 60.2 Å². The van der Waals surface area contributed by atoms with Crippen molar-refractivity contribution >= 4 is 46.2 Å². The highest BCUT2D eigenvalue weighted by Gasteiger charge is 2.66. The highest BCUT2D eigenvalue weighted by atomic mass is 35.5. The molecule has 4 nitrogen and oxygen atoms in total. The Labute approximate surface area is 233 Å². The second-order valence-corrected chi connectivity index (χ2v) is 13.8. The van der Waals surface area contributed by atoms with Crippen molar-refractivity contribution < 1.29 is 9.72 Å². The fourth-order valence-electron chi connectivity index (χ4n) is 5.18. The van der Waals surface area contributed by atoms with Gasteiger partial charge in [0, 0.05) is 24.1 Å². The molecule has 5 aromatic carbocycles. The van der Waals surface area contributed by atoms with Crippen LogP contribution in [0.25, 0.3) is 0 Å². The summed E-state index contributed by atoms with van der Waals surface area (Å²) < 4.78 is -1.45. The number of hydrogen-bond acceptors (Lipinski definition) is 3. The van der Waals surface area contributed by atoms with E-state index in [2.05, 4.69) is 36.4 Å². The third-order valence-electron chi connectivity index (χ3n) is 6.93. The predicted molar refractivity (Wildman–Crippen MR) is 161 cm³/mol. The van der Waals surface area contributed by atoms with Crippen LogP contribution in [-0.2, 0) is 6.42 Å². The van der Waals surface area contributed by atoms with Crippen molar-refractivity contribution in [2.45, 2.75) is 11.0 Å². The molecule has 0 amide bonds. The van der Waals surface area contributed by atoms with Crippen LogP contribution in [0.2, 0.25) is 0 Å². The zero-order valence-electron chi connectivity index (χ0n) is 21.1. The second kappa shape index (κ2) is 11.3. The van der Waals surface area contributed by atoms with Gasteiger partial charge >= 0.3 is 0 Å². The van der Waals surface area contributed by atoms with Crippen molar-refractivity contribution in [3.8, 4) is 0 Å². The molecule has 192 valence electrons. The molecule has 6 heteroatoms. The highest BCUT2D eigenvalue weighted by Crippen LogP contribution is 2.69. The summed E-state index contributed by atoms with van der Waals surface area (Å²) in [5.74, 6) is -0.187. The minimum Gasteiger partial charge on any atom is -0.288 e. The Morgan fingerprint density at radius 2 is 1.03 bits per heavy atom. The van der Waals surface area contributed by atoms with E-state index in [9.17, 15) is 14.9 Å². The molecule has 0 aliphatic heterocycles. The molecule has 0 saturated heterocycles. The largest absolute Gasteiger partial charge is 0.288 e. The van der Waals surface area contributed by atoms with Gasteiger partial charge in [-0.3, -0.25) is 14.9 Å². The molecule has 0 aliphatic carbocycles. The van der Waals surface area contributed by atoms with Crippen molar-refractivity contribution in [2.75, 3.05) is 0 Å². The van der Waals surface area contributed by atoms with E-state index in [1.165, 1.54) is 12.1 Å². The Morgan fingerprint density at radius 1 is 0.641 bits per heavy atom. The number of carbonyl (C=O) groups excluding carboxylic acids is 1. The quantitative estimate of drug-likeness (QED) is 0.0656. The van der Waals surface area contributed by atoms with Gasteiger partial charge in [0.2, 0.25) is 10.4 Å². The van der Waals surface area contributed by atoms with Crippen LogP contribution in [0.1, 0.15) is 15.9 Å². The Morgan fingerprint density at radius 3 is 1.41 bits per heavy atom. The number of nitrogens with zero attached hydrogens (tertiary/aromatic N) is 1. The molecular formula is C33H26ClNO3P+. The fourth-order valence-corrected chi connectivity index (χ4v) is 11.2. The molecule has 0 saturated carbocycles. The second-order valence-electron chi connectivity index (χ2n) is 9.23. The lowest BCUT2D eigenvalue weighted by atomic mass is 10.0. The van der Waals surface area contributed by atoms with Gasteiger partial charge in [-0.05, 0) is 42.0 Å². The van der Waals surface area contributed by atoms with Gasteiger partial charge in [0.25, 0.3) is 5.69 Å². The first-order valence-corrected chi connectivity index (χ1v) is 14.7. The Hall–Kier alpha value is -4.11. The first kappa shape index (κ1) is 26.5. The number of halogens is 1. The zero-order valence-corrected chi connectivity index (χ0v) is 22.7. The number of rotatable bonds is 9. The number of alkyl halides is 1. The molecule has 0 N–H and O–H groups in total. The van der Waals surface area contributed by atoms with Crippen molar-refractivity contribution in [1.82, 2.24) is 0 Å². The number of carbonyl (C=O) groups is 1. The molecule has 0 aromatic heterocycles. The van der Waals surface area contributed by atoms with Gasteiger partial charge in [0.15, 0.2) is 0 Å². The summed E-state index contributed by atoms with van der Waals surface area (Å²) in [5.41, 5.74) is 1.25. The van der Waals surface area contributed by atoms with Gasteiger partial charge < -0.3 is 0 Å². The van der Waals surface area contributed by atoms with Gasteiger partial charge in [-0.25, -0.2) is 0 Å². The third kappa shape index (κ3) is 4.90. The van der Waals surface area contributed by atoms with E-state index in [1.807, 2.05) is 72.8 Å². The van der Waals surface area contributed by atoms with Crippen LogP contribution in [0.4, 0.5) is 5.69 Å². The van der Waals surface area contributed by atoms with Crippen molar-refractivity contribution in [2.24, 2.45) is 0 Å². The SMILES string of the molecule is O=C(c1ccccc1)C(Cl)(Cc1ccc([N+](=O)[O-])cc1)[P+](c1ccccc1)(c1ccccc1)c1ccccc1. The average Bonchev–Trinajstić information content (AvgIpc) is 2.99. The van der Waals surface area contributed by atoms with Crippen LogP contribution in [0.3, 0.4) is 0 Å². The summed E-state index contributed by atoms with van der Waals surface area (Å²) in [7, 11) is -2.91. The molecule has 1 atom stereocenters. The summed E-state index contributed by atoms with van der Waals surface area (Å²) in [5, 5.41) is 14.3. The smallest absolute Gasteiger partial charge is 0.269 e. The Bertz CT molecular complexity index is 1470. The van der Waals surface area contributed by atoms with E-state index in [4.69, 9.17) is 11.6 Å². The van der Waals surface area contributed by atoms with Crippen LogP contribution in [0.5, 0.6) is 0 Å². The molecule has 1 unspecified atom stereocenters. The van der Waals surface area contributed by atoms with Crippen molar-refractivity contribution in [3.05, 3.63) is 167 Å². The van der Waals surface area contributed by atoms with Gasteiger partial charge in [-0.2, -0.15) is 0 Å². The first-order valence-electron chi connectivity index (χ1n) is 12.5. The molecule has 39 heavy (non-hydrogen) atoms. The maximum absolute atomic E-state index is 14.8. The standard InChI is InChI=1S/C33H26ClNO3P/c34-33(32(36)27-13-5-1-6-14-27,25-26-21-23-28(24-22-26)35(37)38)39(29-15-7-2-8-16-29,30-17-9-3-10-18-30)31-19-11-4-12-20-31/h1-24H,25H2/q+1. The van der Waals surface area contributed by atoms with Gasteiger partial charge in [-0.1, -0.05) is 109 Å². The molecule has 0 fully saturated rings. The third-order valence-corrected chi connectivity index (χ3v) is 12.6. The minimum atomic E-state index is -2.91. The first-order chi connectivity index (χ1) is 19.0. The Kier molecular flexibility index (Phi) is 7.70. The van der Waals surface area contributed by atoms with Crippen LogP contribution >= 0.6 is 18.9 Å². The normalized spacial score (nSPS) is 12.8. The van der Waals surface area contributed by atoms with E-state index < -0.39 is 16.8 Å². The van der Waals surface area contributed by atoms with Gasteiger partial charge in [0.1, 0.15) is 23.2 Å². The number of non-ortho nitro benzene ring substituents is 1. The molecule has 0 bridgehead atoms. The molecule has 0 heterocycles. The van der Waals surface area contributed by atoms with Crippen LogP contribution in [0, 0.1) is 10.1 Å². The van der Waals surface area contributed by atoms with E-state index in [0.717, 1.165) is 21.5 Å². The van der Waals surface area contributed by atoms with Crippen molar-refractivity contribution in [3.63, 3.8) is 0 Å². The van der Waals surface area contributed by atoms with Crippen LogP contribution in [-0.4, -0.2) is 15.3 Å². The molecule has 5 aromatic rings. The number of hydrogen-bond donors (Lipinski definition) is 0. The maximum atomic E-state index is 14.8. The van der Waals surface area contributed by atoms with E-state index in [1.54, 1.807) is 24.3 Å². The van der Waals surface area contributed by atoms with E-state index >= 15 is 0 Å². The molecule has 0 aliphatic rings.